The van der Waals surface area contributed by atoms with E-state index in [1.54, 1.807) is 6.07 Å². The number of hydrogen-bond acceptors (Lipinski definition) is 3. The van der Waals surface area contributed by atoms with Crippen molar-refractivity contribution in [3.05, 3.63) is 51.0 Å². The first-order valence-electron chi connectivity index (χ1n) is 5.05. The Hall–Kier alpha value is -0.610. The van der Waals surface area contributed by atoms with Crippen LogP contribution in [0.1, 0.15) is 5.56 Å². The average molecular weight is 320 g/mol. The van der Waals surface area contributed by atoms with Gasteiger partial charge in [0.15, 0.2) is 0 Å². The van der Waals surface area contributed by atoms with Gasteiger partial charge in [-0.05, 0) is 17.7 Å². The molecule has 0 saturated heterocycles. The van der Waals surface area contributed by atoms with Gasteiger partial charge in [0.05, 0.1) is 10.0 Å². The van der Waals surface area contributed by atoms with Crippen LogP contribution in [0.25, 0.3) is 0 Å². The average Bonchev–Trinajstić information content (AvgIpc) is 2.34. The number of anilines is 1. The summed E-state index contributed by atoms with van der Waals surface area (Å²) in [6, 6.07) is 9.24. The Morgan fingerprint density at radius 1 is 1.06 bits per heavy atom. The second-order valence-electron chi connectivity index (χ2n) is 3.52. The Labute approximate surface area is 124 Å². The molecule has 0 spiro atoms. The SMILES string of the molecule is Nc1nc(SCc2ccccc2Cl)c(Cl)cc1Cl. The number of nitrogen functional groups attached to an aromatic ring is 1. The molecule has 0 aliphatic carbocycles. The zero-order valence-corrected chi connectivity index (χ0v) is 12.2. The number of pyridine rings is 1. The number of nitrogens with two attached hydrogens (primary N) is 1. The molecule has 2 rings (SSSR count). The van der Waals surface area contributed by atoms with Crippen molar-refractivity contribution in [1.29, 1.82) is 0 Å². The van der Waals surface area contributed by atoms with Crippen LogP contribution in [0.3, 0.4) is 0 Å². The van der Waals surface area contributed by atoms with Crippen LogP contribution >= 0.6 is 46.6 Å². The van der Waals surface area contributed by atoms with Gasteiger partial charge in [-0.3, -0.25) is 0 Å². The zero-order valence-electron chi connectivity index (χ0n) is 9.16. The summed E-state index contributed by atoms with van der Waals surface area (Å²) < 4.78 is 0. The lowest BCUT2D eigenvalue weighted by Crippen LogP contribution is -1.94. The summed E-state index contributed by atoms with van der Waals surface area (Å²) in [7, 11) is 0. The van der Waals surface area contributed by atoms with E-state index in [0.29, 0.717) is 20.8 Å². The summed E-state index contributed by atoms with van der Waals surface area (Å²) in [6.07, 6.45) is 0. The number of aromatic nitrogens is 1. The number of benzene rings is 1. The Balaban J connectivity index is 2.16. The van der Waals surface area contributed by atoms with Gasteiger partial charge in [-0.15, -0.1) is 11.8 Å². The first-order valence-corrected chi connectivity index (χ1v) is 7.17. The standard InChI is InChI=1S/C12H9Cl3N2S/c13-8-4-2-1-3-7(8)6-18-12-10(15)5-9(14)11(16)17-12/h1-5H,6H2,(H2,16,17). The second-order valence-corrected chi connectivity index (χ2v) is 5.71. The van der Waals surface area contributed by atoms with Gasteiger partial charge in [0.25, 0.3) is 0 Å². The third-order valence-corrected chi connectivity index (χ3v) is 4.36. The van der Waals surface area contributed by atoms with E-state index in [2.05, 4.69) is 4.98 Å². The number of halogens is 3. The molecule has 0 saturated carbocycles. The monoisotopic (exact) mass is 318 g/mol. The van der Waals surface area contributed by atoms with Crippen molar-refractivity contribution in [2.75, 3.05) is 5.73 Å². The van der Waals surface area contributed by atoms with Gasteiger partial charge in [-0.25, -0.2) is 4.98 Å². The number of thioether (sulfide) groups is 1. The van der Waals surface area contributed by atoms with E-state index in [0.717, 1.165) is 10.6 Å². The first kappa shape index (κ1) is 13.8. The van der Waals surface area contributed by atoms with E-state index < -0.39 is 0 Å². The molecular formula is C12H9Cl3N2S. The van der Waals surface area contributed by atoms with Crippen molar-refractivity contribution < 1.29 is 0 Å². The molecular weight excluding hydrogens is 311 g/mol. The molecule has 2 aromatic rings. The maximum Gasteiger partial charge on any atom is 0.143 e. The summed E-state index contributed by atoms with van der Waals surface area (Å²) in [5, 5.41) is 2.23. The highest BCUT2D eigenvalue weighted by molar-refractivity contribution is 7.98. The lowest BCUT2D eigenvalue weighted by molar-refractivity contribution is 1.14. The van der Waals surface area contributed by atoms with Crippen molar-refractivity contribution in [2.45, 2.75) is 10.8 Å². The quantitative estimate of drug-likeness (QED) is 0.816. The fraction of sp³-hybridized carbons (Fsp3) is 0.0833. The van der Waals surface area contributed by atoms with Crippen LogP contribution in [0.2, 0.25) is 15.1 Å². The third-order valence-electron chi connectivity index (χ3n) is 2.25. The molecule has 0 bridgehead atoms. The summed E-state index contributed by atoms with van der Waals surface area (Å²) in [5.74, 6) is 0.954. The molecule has 6 heteroatoms. The van der Waals surface area contributed by atoms with Crippen molar-refractivity contribution in [1.82, 2.24) is 4.98 Å². The lowest BCUT2D eigenvalue weighted by Gasteiger charge is -2.07. The summed E-state index contributed by atoms with van der Waals surface area (Å²) in [6.45, 7) is 0. The van der Waals surface area contributed by atoms with Gasteiger partial charge in [-0.1, -0.05) is 53.0 Å². The number of hydrogen-bond donors (Lipinski definition) is 1. The van der Waals surface area contributed by atoms with E-state index in [4.69, 9.17) is 40.5 Å². The Kier molecular flexibility index (Phi) is 4.62. The van der Waals surface area contributed by atoms with E-state index in [1.165, 1.54) is 11.8 Å². The maximum absolute atomic E-state index is 6.07. The van der Waals surface area contributed by atoms with Gasteiger partial charge >= 0.3 is 0 Å². The smallest absolute Gasteiger partial charge is 0.143 e. The third kappa shape index (κ3) is 3.23. The van der Waals surface area contributed by atoms with E-state index in [9.17, 15) is 0 Å². The molecule has 1 heterocycles. The van der Waals surface area contributed by atoms with Crippen molar-refractivity contribution >= 4 is 52.4 Å². The lowest BCUT2D eigenvalue weighted by atomic mass is 10.2. The summed E-state index contributed by atoms with van der Waals surface area (Å²) >= 11 is 19.4. The van der Waals surface area contributed by atoms with Crippen LogP contribution in [-0.4, -0.2) is 4.98 Å². The maximum atomic E-state index is 6.07. The molecule has 0 atom stereocenters. The Morgan fingerprint density at radius 3 is 2.50 bits per heavy atom. The zero-order chi connectivity index (χ0) is 13.1. The Bertz CT molecular complexity index is 575. The van der Waals surface area contributed by atoms with Gasteiger partial charge in [0, 0.05) is 10.8 Å². The molecule has 0 unspecified atom stereocenters. The topological polar surface area (TPSA) is 38.9 Å². The van der Waals surface area contributed by atoms with Crippen LogP contribution in [0, 0.1) is 0 Å². The predicted octanol–water partition coefficient (Wildman–Crippen LogP) is 4.92. The molecule has 18 heavy (non-hydrogen) atoms. The first-order chi connectivity index (χ1) is 8.58. The second kappa shape index (κ2) is 6.02. The number of rotatable bonds is 3. The molecule has 0 aliphatic rings. The van der Waals surface area contributed by atoms with Crippen molar-refractivity contribution in [3.8, 4) is 0 Å². The largest absolute Gasteiger partial charge is 0.382 e. The van der Waals surface area contributed by atoms with Crippen molar-refractivity contribution in [2.24, 2.45) is 0 Å². The van der Waals surface area contributed by atoms with Crippen LogP contribution in [0.15, 0.2) is 35.4 Å². The Morgan fingerprint density at radius 2 is 1.78 bits per heavy atom. The van der Waals surface area contributed by atoms with Gasteiger partial charge in [-0.2, -0.15) is 0 Å². The van der Waals surface area contributed by atoms with Crippen LogP contribution in [-0.2, 0) is 5.75 Å². The normalized spacial score (nSPS) is 10.6. The highest BCUT2D eigenvalue weighted by Gasteiger charge is 2.09. The molecule has 2 nitrogen and oxygen atoms in total. The fourth-order valence-corrected chi connectivity index (χ4v) is 3.03. The molecule has 2 N–H and O–H groups in total. The van der Waals surface area contributed by atoms with Crippen molar-refractivity contribution in [3.63, 3.8) is 0 Å². The molecule has 0 aliphatic heterocycles. The summed E-state index contributed by atoms with van der Waals surface area (Å²) in [5.41, 5.74) is 6.67. The minimum absolute atomic E-state index is 0.280. The minimum Gasteiger partial charge on any atom is -0.382 e. The van der Waals surface area contributed by atoms with Crippen LogP contribution in [0.4, 0.5) is 5.82 Å². The molecule has 1 aromatic carbocycles. The molecule has 0 amide bonds. The fourth-order valence-electron chi connectivity index (χ4n) is 1.33. The van der Waals surface area contributed by atoms with Gasteiger partial charge < -0.3 is 5.73 Å². The highest BCUT2D eigenvalue weighted by atomic mass is 35.5. The molecule has 94 valence electrons. The minimum atomic E-state index is 0.280. The summed E-state index contributed by atoms with van der Waals surface area (Å²) in [4.78, 5) is 4.15. The number of nitrogens with zero attached hydrogens (tertiary/aromatic N) is 1. The van der Waals surface area contributed by atoms with Gasteiger partial charge in [0.1, 0.15) is 10.8 Å². The van der Waals surface area contributed by atoms with E-state index >= 15 is 0 Å². The van der Waals surface area contributed by atoms with Crippen LogP contribution < -0.4 is 5.73 Å². The molecule has 0 radical (unpaired) electrons. The van der Waals surface area contributed by atoms with Gasteiger partial charge in [0.2, 0.25) is 0 Å². The van der Waals surface area contributed by atoms with Crippen LogP contribution in [0.5, 0.6) is 0 Å². The molecule has 0 fully saturated rings. The predicted molar refractivity (Wildman–Crippen MR) is 79.7 cm³/mol. The molecule has 1 aromatic heterocycles. The highest BCUT2D eigenvalue weighted by Crippen LogP contribution is 2.33. The van der Waals surface area contributed by atoms with E-state index in [1.807, 2.05) is 24.3 Å². The van der Waals surface area contributed by atoms with E-state index in [-0.39, 0.29) is 5.82 Å².